The van der Waals surface area contributed by atoms with Gasteiger partial charge < -0.3 is 9.78 Å². The molecule has 1 heterocycles. The molecular weight excluding hydrogens is 173 g/mol. The highest BCUT2D eigenvalue weighted by atomic mass is 16.1. The molecule has 0 atom stereocenters. The van der Waals surface area contributed by atoms with Crippen LogP contribution < -0.4 is 0 Å². The third-order valence-electron chi connectivity index (χ3n) is 2.19. The molecule has 66 valence electrons. The van der Waals surface area contributed by atoms with Crippen LogP contribution in [0.2, 0.25) is 0 Å². The van der Waals surface area contributed by atoms with Crippen LogP contribution in [0.5, 0.6) is 0 Å². The number of aromatic amines is 1. The van der Waals surface area contributed by atoms with Gasteiger partial charge in [-0.1, -0.05) is 24.8 Å². The minimum atomic E-state index is -0.433. The first-order valence-corrected chi connectivity index (χ1v) is 4.27. The minimum absolute atomic E-state index is 0.433. The van der Waals surface area contributed by atoms with Crippen LogP contribution in [-0.2, 0) is 0 Å². The van der Waals surface area contributed by atoms with Crippen LogP contribution >= 0.6 is 0 Å². The molecule has 0 amide bonds. The molecule has 1 N–H and O–H groups in total. The van der Waals surface area contributed by atoms with Crippen LogP contribution in [-0.4, -0.2) is 18.5 Å². The molecule has 0 fully saturated rings. The fourth-order valence-electron chi connectivity index (χ4n) is 1.58. The number of hydrogen-bond donors (Lipinski definition) is 1. The molecule has 2 radical (unpaired) electrons. The van der Waals surface area contributed by atoms with Gasteiger partial charge in [0.05, 0.1) is 0 Å². The molecule has 0 aliphatic heterocycles. The third kappa shape index (κ3) is 1.18. The van der Waals surface area contributed by atoms with E-state index >= 15 is 0 Å². The van der Waals surface area contributed by atoms with Crippen LogP contribution in [0, 0.1) is 0 Å². The summed E-state index contributed by atoms with van der Waals surface area (Å²) in [5.74, 6) is 0. The number of aromatic nitrogens is 1. The highest BCUT2D eigenvalue weighted by Gasteiger charge is 2.11. The maximum Gasteiger partial charge on any atom is 0.175 e. The maximum atomic E-state index is 11.2. The van der Waals surface area contributed by atoms with Crippen molar-refractivity contribution in [3.8, 4) is 0 Å². The molecule has 0 unspecified atom stereocenters. The molecular formula is C11H8BNO. The largest absolute Gasteiger partial charge is 0.354 e. The van der Waals surface area contributed by atoms with Crippen molar-refractivity contribution in [2.75, 3.05) is 0 Å². The lowest BCUT2D eigenvalue weighted by Gasteiger charge is -1.94. The lowest BCUT2D eigenvalue weighted by atomic mass is 9.92. The molecule has 2 rings (SSSR count). The highest BCUT2D eigenvalue weighted by molar-refractivity contribution is 6.63. The second-order valence-electron chi connectivity index (χ2n) is 3.03. The number of H-pyrrole nitrogens is 1. The summed E-state index contributed by atoms with van der Waals surface area (Å²) < 4.78 is 0. The Balaban J connectivity index is 2.87. The van der Waals surface area contributed by atoms with E-state index < -0.39 is 5.68 Å². The predicted octanol–water partition coefficient (Wildman–Crippen LogP) is 2.12. The second-order valence-corrected chi connectivity index (χ2v) is 3.03. The molecule has 1 aromatic carbocycles. The molecule has 0 spiro atoms. The van der Waals surface area contributed by atoms with Crippen molar-refractivity contribution in [3.05, 3.63) is 42.1 Å². The van der Waals surface area contributed by atoms with Crippen molar-refractivity contribution >= 4 is 30.5 Å². The Kier molecular flexibility index (Phi) is 2.00. The van der Waals surface area contributed by atoms with E-state index in [1.165, 1.54) is 0 Å². The summed E-state index contributed by atoms with van der Waals surface area (Å²) >= 11 is 0. The number of benzene rings is 1. The van der Waals surface area contributed by atoms with Gasteiger partial charge in [0.15, 0.2) is 7.85 Å². The van der Waals surface area contributed by atoms with Crippen LogP contribution in [0.1, 0.15) is 16.1 Å². The highest BCUT2D eigenvalue weighted by Crippen LogP contribution is 2.22. The van der Waals surface area contributed by atoms with Gasteiger partial charge in [0.25, 0.3) is 0 Å². The quantitative estimate of drug-likeness (QED) is 0.707. The maximum absolute atomic E-state index is 11.2. The zero-order valence-electron chi connectivity index (χ0n) is 7.58. The first-order valence-electron chi connectivity index (χ1n) is 4.27. The molecule has 0 saturated heterocycles. The SMILES string of the molecule is [B]C(=O)c1c(C=C)[nH]c2ccccc12. The number of rotatable bonds is 2. The zero-order valence-corrected chi connectivity index (χ0v) is 7.58. The van der Waals surface area contributed by atoms with E-state index in [1.807, 2.05) is 24.3 Å². The lowest BCUT2D eigenvalue weighted by molar-refractivity contribution is 0.108. The average Bonchev–Trinajstić information content (AvgIpc) is 2.55. The number of nitrogens with one attached hydrogen (secondary N) is 1. The van der Waals surface area contributed by atoms with Crippen LogP contribution in [0.4, 0.5) is 0 Å². The van der Waals surface area contributed by atoms with Gasteiger partial charge in [-0.25, -0.2) is 0 Å². The Morgan fingerprint density at radius 1 is 1.43 bits per heavy atom. The van der Waals surface area contributed by atoms with Crippen molar-refractivity contribution in [1.82, 2.24) is 4.98 Å². The first kappa shape index (κ1) is 8.82. The summed E-state index contributed by atoms with van der Waals surface area (Å²) in [5, 5.41) is 0.843. The van der Waals surface area contributed by atoms with E-state index in [0.29, 0.717) is 11.3 Å². The van der Waals surface area contributed by atoms with Crippen molar-refractivity contribution in [3.63, 3.8) is 0 Å². The Morgan fingerprint density at radius 3 is 2.79 bits per heavy atom. The monoisotopic (exact) mass is 181 g/mol. The van der Waals surface area contributed by atoms with Gasteiger partial charge in [-0.3, -0.25) is 0 Å². The van der Waals surface area contributed by atoms with Gasteiger partial charge in [0.2, 0.25) is 0 Å². The summed E-state index contributed by atoms with van der Waals surface area (Å²) in [6.45, 7) is 3.63. The number of carbonyl (C=O) groups excluding carboxylic acids is 1. The van der Waals surface area contributed by atoms with E-state index in [9.17, 15) is 4.79 Å². The van der Waals surface area contributed by atoms with E-state index in [1.54, 1.807) is 6.08 Å². The molecule has 1 aromatic heterocycles. The second kappa shape index (κ2) is 3.18. The molecule has 0 saturated carbocycles. The minimum Gasteiger partial charge on any atom is -0.354 e. The van der Waals surface area contributed by atoms with E-state index in [0.717, 1.165) is 10.9 Å². The van der Waals surface area contributed by atoms with Gasteiger partial charge in [-0.15, -0.1) is 0 Å². The summed E-state index contributed by atoms with van der Waals surface area (Å²) in [5.41, 5.74) is 1.66. The standard InChI is InChI=1S/C11H8BNO/c1-2-8-10(11(12)14)7-5-3-4-6-9(7)13-8/h2-6,13H,1H2. The average molecular weight is 181 g/mol. The fraction of sp³-hybridized carbons (Fsp3) is 0. The Bertz CT molecular complexity index is 513. The Morgan fingerprint density at radius 2 is 2.14 bits per heavy atom. The summed E-state index contributed by atoms with van der Waals surface area (Å²) in [7, 11) is 5.29. The van der Waals surface area contributed by atoms with Crippen molar-refractivity contribution in [2.45, 2.75) is 0 Å². The normalized spacial score (nSPS) is 10.3. The van der Waals surface area contributed by atoms with Crippen LogP contribution in [0.25, 0.3) is 17.0 Å². The molecule has 14 heavy (non-hydrogen) atoms. The number of hydrogen-bond acceptors (Lipinski definition) is 1. The van der Waals surface area contributed by atoms with Gasteiger partial charge >= 0.3 is 0 Å². The smallest absolute Gasteiger partial charge is 0.175 e. The number of fused-ring (bicyclic) bond motifs is 1. The summed E-state index contributed by atoms with van der Waals surface area (Å²) in [6, 6.07) is 7.53. The molecule has 0 aliphatic carbocycles. The van der Waals surface area contributed by atoms with E-state index in [2.05, 4.69) is 11.6 Å². The van der Waals surface area contributed by atoms with Gasteiger partial charge in [-0.2, -0.15) is 0 Å². The van der Waals surface area contributed by atoms with Crippen LogP contribution in [0.15, 0.2) is 30.8 Å². The van der Waals surface area contributed by atoms with Gasteiger partial charge in [0.1, 0.15) is 5.68 Å². The Labute approximate surface area is 83.0 Å². The topological polar surface area (TPSA) is 32.9 Å². The Hall–Kier alpha value is -1.77. The molecule has 0 aliphatic rings. The number of para-hydroxylation sites is 1. The molecule has 2 nitrogen and oxygen atoms in total. The van der Waals surface area contributed by atoms with Gasteiger partial charge in [0, 0.05) is 22.2 Å². The van der Waals surface area contributed by atoms with Crippen LogP contribution in [0.3, 0.4) is 0 Å². The van der Waals surface area contributed by atoms with Crippen molar-refractivity contribution in [1.29, 1.82) is 0 Å². The van der Waals surface area contributed by atoms with Gasteiger partial charge in [-0.05, 0) is 12.1 Å². The number of carbonyl (C=O) groups is 1. The summed E-state index contributed by atoms with van der Waals surface area (Å²) in [4.78, 5) is 14.3. The van der Waals surface area contributed by atoms with Crippen molar-refractivity contribution < 1.29 is 4.79 Å². The van der Waals surface area contributed by atoms with Crippen molar-refractivity contribution in [2.24, 2.45) is 0 Å². The molecule has 2 aromatic rings. The lowest BCUT2D eigenvalue weighted by Crippen LogP contribution is -1.98. The molecule has 0 bridgehead atoms. The predicted molar refractivity (Wildman–Crippen MR) is 58.5 cm³/mol. The first-order chi connectivity index (χ1) is 6.74. The third-order valence-corrected chi connectivity index (χ3v) is 2.19. The van der Waals surface area contributed by atoms with E-state index in [4.69, 9.17) is 7.85 Å². The molecule has 3 heteroatoms. The summed E-state index contributed by atoms with van der Waals surface area (Å²) in [6.07, 6.45) is 1.60. The van der Waals surface area contributed by atoms with E-state index in [-0.39, 0.29) is 0 Å². The fourth-order valence-corrected chi connectivity index (χ4v) is 1.58. The zero-order chi connectivity index (χ0) is 10.1.